The monoisotopic (exact) mass is 333 g/mol. The fraction of sp³-hybridized carbons (Fsp3) is 0.667. The first-order valence-electron chi connectivity index (χ1n) is 8.80. The summed E-state index contributed by atoms with van der Waals surface area (Å²) >= 11 is 0. The van der Waals surface area contributed by atoms with E-state index in [-0.39, 0.29) is 18.0 Å². The lowest BCUT2D eigenvalue weighted by Gasteiger charge is -2.30. The molecule has 24 heavy (non-hydrogen) atoms. The van der Waals surface area contributed by atoms with E-state index in [2.05, 4.69) is 4.90 Å². The lowest BCUT2D eigenvalue weighted by molar-refractivity contribution is -0.150. The van der Waals surface area contributed by atoms with Crippen molar-refractivity contribution in [2.75, 3.05) is 26.2 Å². The van der Waals surface area contributed by atoms with Gasteiger partial charge in [-0.15, -0.1) is 0 Å². The molecule has 0 spiro atoms. The first-order chi connectivity index (χ1) is 11.4. The van der Waals surface area contributed by atoms with Gasteiger partial charge >= 0.3 is 0 Å². The van der Waals surface area contributed by atoms with Crippen LogP contribution in [0.4, 0.5) is 0 Å². The van der Waals surface area contributed by atoms with Gasteiger partial charge in [-0.1, -0.05) is 0 Å². The summed E-state index contributed by atoms with van der Waals surface area (Å²) in [6, 6.07) is 4.02. The Morgan fingerprint density at radius 1 is 1.29 bits per heavy atom. The number of rotatable bonds is 4. The average molecular weight is 333 g/mol. The molecule has 1 saturated heterocycles. The molecule has 1 aromatic rings. The minimum atomic E-state index is -1.58. The van der Waals surface area contributed by atoms with E-state index >= 15 is 0 Å². The van der Waals surface area contributed by atoms with Crippen LogP contribution in [0, 0.1) is 6.92 Å². The summed E-state index contributed by atoms with van der Waals surface area (Å²) < 4.78 is 1.40. The summed E-state index contributed by atoms with van der Waals surface area (Å²) in [6.45, 7) is 6.54. The third kappa shape index (κ3) is 3.87. The van der Waals surface area contributed by atoms with Crippen molar-refractivity contribution in [1.82, 2.24) is 14.4 Å². The first-order valence-corrected chi connectivity index (χ1v) is 8.80. The van der Waals surface area contributed by atoms with Crippen molar-refractivity contribution < 1.29 is 9.90 Å². The molecule has 3 rings (SSSR count). The highest BCUT2D eigenvalue weighted by Gasteiger charge is 2.37. The van der Waals surface area contributed by atoms with E-state index in [4.69, 9.17) is 0 Å². The Bertz CT molecular complexity index is 664. The zero-order valence-electron chi connectivity index (χ0n) is 14.6. The van der Waals surface area contributed by atoms with Crippen LogP contribution >= 0.6 is 0 Å². The second kappa shape index (κ2) is 6.69. The van der Waals surface area contributed by atoms with Gasteiger partial charge in [0.1, 0.15) is 0 Å². The molecule has 1 amide bonds. The lowest BCUT2D eigenvalue weighted by Crippen LogP contribution is -2.51. The fourth-order valence-corrected chi connectivity index (χ4v) is 3.42. The molecule has 1 unspecified atom stereocenters. The molecule has 0 aromatic carbocycles. The standard InChI is InChI=1S/C18H27N3O3/c1-14-6-9-21(16(22)12-14)13-18(2,24)17(23)20-8-3-7-19(10-11-20)15-4-5-15/h6,9,12,15,24H,3-5,7-8,10-11,13H2,1-2H3. The maximum absolute atomic E-state index is 12.8. The van der Waals surface area contributed by atoms with Crippen LogP contribution in [0.3, 0.4) is 0 Å². The number of aliphatic hydroxyl groups is 1. The molecule has 1 saturated carbocycles. The van der Waals surface area contributed by atoms with Crippen LogP contribution in [0.25, 0.3) is 0 Å². The Morgan fingerprint density at radius 2 is 2.04 bits per heavy atom. The first kappa shape index (κ1) is 17.2. The fourth-order valence-electron chi connectivity index (χ4n) is 3.42. The van der Waals surface area contributed by atoms with Crippen molar-refractivity contribution in [2.24, 2.45) is 0 Å². The molecule has 2 fully saturated rings. The Hall–Kier alpha value is -1.66. The molecule has 0 radical (unpaired) electrons. The Morgan fingerprint density at radius 3 is 2.71 bits per heavy atom. The van der Waals surface area contributed by atoms with Gasteiger partial charge in [0.25, 0.3) is 11.5 Å². The smallest absolute Gasteiger partial charge is 0.256 e. The lowest BCUT2D eigenvalue weighted by atomic mass is 10.0. The minimum Gasteiger partial charge on any atom is -0.378 e. The molecular formula is C18H27N3O3. The van der Waals surface area contributed by atoms with Crippen LogP contribution < -0.4 is 5.56 Å². The average Bonchev–Trinajstić information content (AvgIpc) is 3.34. The summed E-state index contributed by atoms with van der Waals surface area (Å²) in [6.07, 6.45) is 5.10. The zero-order valence-corrected chi connectivity index (χ0v) is 14.6. The Balaban J connectivity index is 1.66. The van der Waals surface area contributed by atoms with E-state index in [0.29, 0.717) is 19.1 Å². The summed E-state index contributed by atoms with van der Waals surface area (Å²) in [5, 5.41) is 10.7. The van der Waals surface area contributed by atoms with Crippen LogP contribution in [0.15, 0.2) is 23.1 Å². The third-order valence-corrected chi connectivity index (χ3v) is 4.97. The summed E-state index contributed by atoms with van der Waals surface area (Å²) in [7, 11) is 0. The van der Waals surface area contributed by atoms with Crippen molar-refractivity contribution in [1.29, 1.82) is 0 Å². The van der Waals surface area contributed by atoms with E-state index in [9.17, 15) is 14.7 Å². The number of pyridine rings is 1. The predicted molar refractivity (Wildman–Crippen MR) is 91.9 cm³/mol. The number of hydrogen-bond acceptors (Lipinski definition) is 4. The van der Waals surface area contributed by atoms with Gasteiger partial charge < -0.3 is 14.6 Å². The normalized spacial score (nSPS) is 22.0. The van der Waals surface area contributed by atoms with Gasteiger partial charge in [0.05, 0.1) is 6.54 Å². The van der Waals surface area contributed by atoms with E-state index in [1.54, 1.807) is 17.2 Å². The van der Waals surface area contributed by atoms with Gasteiger partial charge in [-0.25, -0.2) is 0 Å². The second-order valence-corrected chi connectivity index (χ2v) is 7.36. The van der Waals surface area contributed by atoms with Gasteiger partial charge in [-0.05, 0) is 44.7 Å². The van der Waals surface area contributed by atoms with Crippen LogP contribution in [0.1, 0.15) is 31.7 Å². The van der Waals surface area contributed by atoms with E-state index in [0.717, 1.165) is 25.1 Å². The van der Waals surface area contributed by atoms with Gasteiger partial charge in [-0.3, -0.25) is 14.5 Å². The maximum Gasteiger partial charge on any atom is 0.256 e. The Kier molecular flexibility index (Phi) is 4.78. The molecule has 1 atom stereocenters. The second-order valence-electron chi connectivity index (χ2n) is 7.36. The van der Waals surface area contributed by atoms with Gasteiger partial charge in [-0.2, -0.15) is 0 Å². The number of hydrogen-bond donors (Lipinski definition) is 1. The van der Waals surface area contributed by atoms with Crippen molar-refractivity contribution in [3.8, 4) is 0 Å². The molecule has 2 aliphatic rings. The topological polar surface area (TPSA) is 65.8 Å². The largest absolute Gasteiger partial charge is 0.378 e. The predicted octanol–water partition coefficient (Wildman–Crippen LogP) is 0.604. The van der Waals surface area contributed by atoms with E-state index in [1.165, 1.54) is 30.4 Å². The molecule has 6 heteroatoms. The molecule has 1 N–H and O–H groups in total. The molecule has 1 aromatic heterocycles. The highest BCUT2D eigenvalue weighted by molar-refractivity contribution is 5.84. The number of aryl methyl sites for hydroxylation is 1. The number of nitrogens with zero attached hydrogens (tertiary/aromatic N) is 3. The van der Waals surface area contributed by atoms with Crippen molar-refractivity contribution in [3.63, 3.8) is 0 Å². The quantitative estimate of drug-likeness (QED) is 0.876. The Labute approximate surface area is 142 Å². The van der Waals surface area contributed by atoms with E-state index in [1.807, 2.05) is 6.92 Å². The molecule has 1 aliphatic heterocycles. The molecule has 132 valence electrons. The van der Waals surface area contributed by atoms with Gasteiger partial charge in [0, 0.05) is 44.5 Å². The van der Waals surface area contributed by atoms with Gasteiger partial charge in [0.2, 0.25) is 0 Å². The van der Waals surface area contributed by atoms with Crippen LogP contribution in [0.5, 0.6) is 0 Å². The highest BCUT2D eigenvalue weighted by Crippen LogP contribution is 2.27. The molecular weight excluding hydrogens is 306 g/mol. The van der Waals surface area contributed by atoms with Crippen molar-refractivity contribution >= 4 is 5.91 Å². The summed E-state index contributed by atoms with van der Waals surface area (Å²) in [5.74, 6) is -0.285. The number of aromatic nitrogens is 1. The minimum absolute atomic E-state index is 0.0201. The number of amides is 1. The zero-order chi connectivity index (χ0) is 17.3. The van der Waals surface area contributed by atoms with Crippen molar-refractivity contribution in [2.45, 2.75) is 51.3 Å². The summed E-state index contributed by atoms with van der Waals surface area (Å²) in [4.78, 5) is 29.0. The summed E-state index contributed by atoms with van der Waals surface area (Å²) in [5.41, 5.74) is -0.901. The SMILES string of the molecule is Cc1ccn(CC(C)(O)C(=O)N2CCCN(C3CC3)CC2)c(=O)c1. The number of carbonyl (C=O) groups excluding carboxylic acids is 1. The molecule has 6 nitrogen and oxygen atoms in total. The van der Waals surface area contributed by atoms with Crippen LogP contribution in [-0.4, -0.2) is 63.2 Å². The van der Waals surface area contributed by atoms with E-state index < -0.39 is 5.60 Å². The van der Waals surface area contributed by atoms with Gasteiger partial charge in [0.15, 0.2) is 5.60 Å². The molecule has 1 aliphatic carbocycles. The van der Waals surface area contributed by atoms with Crippen LogP contribution in [-0.2, 0) is 11.3 Å². The van der Waals surface area contributed by atoms with Crippen LogP contribution in [0.2, 0.25) is 0 Å². The van der Waals surface area contributed by atoms with Crippen molar-refractivity contribution in [3.05, 3.63) is 34.2 Å². The highest BCUT2D eigenvalue weighted by atomic mass is 16.3. The number of carbonyl (C=O) groups is 1. The molecule has 2 heterocycles. The maximum atomic E-state index is 12.8. The molecule has 0 bridgehead atoms. The third-order valence-electron chi connectivity index (χ3n) is 4.97.